The van der Waals surface area contributed by atoms with Crippen LogP contribution in [0.5, 0.6) is 0 Å². The Hall–Kier alpha value is -2.62. The highest BCUT2D eigenvalue weighted by molar-refractivity contribution is 7.89. The van der Waals surface area contributed by atoms with Crippen LogP contribution in [-0.4, -0.2) is 58.5 Å². The molecule has 0 N–H and O–H groups in total. The van der Waals surface area contributed by atoms with Crippen LogP contribution in [0.15, 0.2) is 59.5 Å². The van der Waals surface area contributed by atoms with Gasteiger partial charge in [-0.3, -0.25) is 4.79 Å². The molecule has 1 aliphatic rings. The van der Waals surface area contributed by atoms with E-state index >= 15 is 0 Å². The van der Waals surface area contributed by atoms with Crippen LogP contribution >= 0.6 is 11.7 Å². The quantitative estimate of drug-likeness (QED) is 0.612. The van der Waals surface area contributed by atoms with Gasteiger partial charge >= 0.3 is 0 Å². The van der Waals surface area contributed by atoms with Gasteiger partial charge in [-0.05, 0) is 23.8 Å². The van der Waals surface area contributed by atoms with Crippen LogP contribution in [0.3, 0.4) is 0 Å². The van der Waals surface area contributed by atoms with Crippen LogP contribution in [0, 0.1) is 0 Å². The summed E-state index contributed by atoms with van der Waals surface area (Å²) >= 11 is 0.994. The van der Waals surface area contributed by atoms with Crippen molar-refractivity contribution in [1.82, 2.24) is 18.0 Å². The number of benzene rings is 2. The topological polar surface area (TPSA) is 83.5 Å². The van der Waals surface area contributed by atoms with Gasteiger partial charge in [0.05, 0.1) is 11.7 Å². The maximum atomic E-state index is 13.0. The number of amides is 1. The fourth-order valence-corrected chi connectivity index (χ4v) is 5.29. The van der Waals surface area contributed by atoms with Gasteiger partial charge in [-0.1, -0.05) is 36.4 Å². The molecule has 1 aliphatic heterocycles. The summed E-state index contributed by atoms with van der Waals surface area (Å²) in [6.45, 7) is 1.20. The van der Waals surface area contributed by atoms with Crippen LogP contribution in [0.4, 0.5) is 0 Å². The van der Waals surface area contributed by atoms with E-state index in [1.807, 2.05) is 30.3 Å². The number of rotatable bonds is 4. The molecule has 0 saturated carbocycles. The van der Waals surface area contributed by atoms with Gasteiger partial charge in [0.25, 0.3) is 0 Å². The molecule has 1 fully saturated rings. The lowest BCUT2D eigenvalue weighted by Crippen LogP contribution is -2.50. The monoisotopic (exact) mass is 414 g/mol. The third kappa shape index (κ3) is 3.68. The second-order valence-corrected chi connectivity index (χ2v) is 8.80. The second-order valence-electron chi connectivity index (χ2n) is 6.36. The van der Waals surface area contributed by atoms with Gasteiger partial charge < -0.3 is 4.90 Å². The molecule has 28 heavy (non-hydrogen) atoms. The highest BCUT2D eigenvalue weighted by Gasteiger charge is 2.31. The Bertz CT molecular complexity index is 1120. The van der Waals surface area contributed by atoms with Gasteiger partial charge in [0.2, 0.25) is 15.9 Å². The summed E-state index contributed by atoms with van der Waals surface area (Å²) in [4.78, 5) is 14.2. The average Bonchev–Trinajstić information content (AvgIpc) is 3.21. The number of nitrogens with zero attached hydrogens (tertiary/aromatic N) is 4. The van der Waals surface area contributed by atoms with Crippen molar-refractivity contribution in [3.63, 3.8) is 0 Å². The maximum Gasteiger partial charge on any atom is 0.246 e. The second kappa shape index (κ2) is 7.78. The van der Waals surface area contributed by atoms with Crippen LogP contribution in [0.25, 0.3) is 17.1 Å². The van der Waals surface area contributed by atoms with Crippen molar-refractivity contribution in [2.24, 2.45) is 0 Å². The molecule has 0 atom stereocenters. The minimum Gasteiger partial charge on any atom is -0.337 e. The highest BCUT2D eigenvalue weighted by atomic mass is 32.2. The van der Waals surface area contributed by atoms with Gasteiger partial charge in [-0.2, -0.15) is 13.1 Å². The summed E-state index contributed by atoms with van der Waals surface area (Å²) in [6, 6.07) is 14.5. The lowest BCUT2D eigenvalue weighted by Gasteiger charge is -2.33. The zero-order valence-corrected chi connectivity index (χ0v) is 16.6. The summed E-state index contributed by atoms with van der Waals surface area (Å²) in [5.74, 6) is -0.119. The molecule has 9 heteroatoms. The van der Waals surface area contributed by atoms with Gasteiger partial charge in [-0.15, -0.1) is 0 Å². The SMILES string of the molecule is O=C(/C=C/c1ccccc1)N1CCN(S(=O)(=O)c2cccc3nsnc23)CC1. The molecule has 2 aromatic carbocycles. The Kier molecular flexibility index (Phi) is 5.21. The van der Waals surface area contributed by atoms with Gasteiger partial charge in [-0.25, -0.2) is 8.42 Å². The van der Waals surface area contributed by atoms with E-state index in [1.54, 1.807) is 29.2 Å². The number of hydrogen-bond donors (Lipinski definition) is 0. The zero-order chi connectivity index (χ0) is 19.6. The molecule has 144 valence electrons. The first-order valence-electron chi connectivity index (χ1n) is 8.79. The van der Waals surface area contributed by atoms with E-state index in [0.29, 0.717) is 24.1 Å². The minimum atomic E-state index is -3.68. The van der Waals surface area contributed by atoms with Crippen LogP contribution in [0.1, 0.15) is 5.56 Å². The predicted molar refractivity (Wildman–Crippen MR) is 108 cm³/mol. The molecule has 0 bridgehead atoms. The van der Waals surface area contributed by atoms with Crippen LogP contribution in [0.2, 0.25) is 0 Å². The molecule has 4 rings (SSSR count). The molecule has 0 spiro atoms. The van der Waals surface area contributed by atoms with Crippen LogP contribution < -0.4 is 0 Å². The summed E-state index contributed by atoms with van der Waals surface area (Å²) in [5.41, 5.74) is 1.92. The van der Waals surface area contributed by atoms with Gasteiger partial charge in [0.1, 0.15) is 15.9 Å². The molecule has 0 unspecified atom stereocenters. The van der Waals surface area contributed by atoms with Crippen LogP contribution in [-0.2, 0) is 14.8 Å². The van der Waals surface area contributed by atoms with E-state index in [1.165, 1.54) is 10.4 Å². The Labute approximate surface area is 167 Å². The lowest BCUT2D eigenvalue weighted by molar-refractivity contribution is -0.127. The summed E-state index contributed by atoms with van der Waals surface area (Å²) < 4.78 is 35.7. The molecule has 0 aliphatic carbocycles. The van der Waals surface area contributed by atoms with E-state index in [0.717, 1.165) is 17.3 Å². The number of carbonyl (C=O) groups is 1. The first kappa shape index (κ1) is 18.7. The fourth-order valence-electron chi connectivity index (χ4n) is 3.11. The Morgan fingerprint density at radius 1 is 0.964 bits per heavy atom. The van der Waals surface area contributed by atoms with Gasteiger partial charge in [0.15, 0.2) is 0 Å². The number of hydrogen-bond acceptors (Lipinski definition) is 6. The van der Waals surface area contributed by atoms with Crippen molar-refractivity contribution >= 4 is 44.8 Å². The normalized spacial score (nSPS) is 16.1. The van der Waals surface area contributed by atoms with Crippen molar-refractivity contribution in [3.05, 3.63) is 60.2 Å². The highest BCUT2D eigenvalue weighted by Crippen LogP contribution is 2.25. The number of piperazine rings is 1. The van der Waals surface area contributed by atoms with Crippen molar-refractivity contribution in [1.29, 1.82) is 0 Å². The lowest BCUT2D eigenvalue weighted by atomic mass is 10.2. The van der Waals surface area contributed by atoms with Crippen molar-refractivity contribution in [3.8, 4) is 0 Å². The fraction of sp³-hybridized carbons (Fsp3) is 0.211. The smallest absolute Gasteiger partial charge is 0.246 e. The van der Waals surface area contributed by atoms with E-state index in [4.69, 9.17) is 0 Å². The summed E-state index contributed by atoms with van der Waals surface area (Å²) in [6.07, 6.45) is 3.29. The van der Waals surface area contributed by atoms with Crippen molar-refractivity contribution in [2.75, 3.05) is 26.2 Å². The minimum absolute atomic E-state index is 0.119. The van der Waals surface area contributed by atoms with E-state index < -0.39 is 10.0 Å². The Morgan fingerprint density at radius 2 is 1.71 bits per heavy atom. The van der Waals surface area contributed by atoms with Crippen molar-refractivity contribution in [2.45, 2.75) is 4.90 Å². The molecule has 1 aromatic heterocycles. The molecule has 1 amide bonds. The summed E-state index contributed by atoms with van der Waals surface area (Å²) in [7, 11) is -3.68. The molecule has 2 heterocycles. The van der Waals surface area contributed by atoms with E-state index in [9.17, 15) is 13.2 Å². The molecular weight excluding hydrogens is 396 g/mol. The van der Waals surface area contributed by atoms with Gasteiger partial charge in [0, 0.05) is 32.3 Å². The molecule has 3 aromatic rings. The number of carbonyl (C=O) groups excluding carboxylic acids is 1. The summed E-state index contributed by atoms with van der Waals surface area (Å²) in [5, 5.41) is 0. The Morgan fingerprint density at radius 3 is 2.46 bits per heavy atom. The predicted octanol–water partition coefficient (Wildman–Crippen LogP) is 2.24. The Balaban J connectivity index is 1.44. The molecular formula is C19H18N4O3S2. The zero-order valence-electron chi connectivity index (χ0n) is 14.9. The number of aromatic nitrogens is 2. The largest absolute Gasteiger partial charge is 0.337 e. The molecule has 7 nitrogen and oxygen atoms in total. The average molecular weight is 415 g/mol. The maximum absolute atomic E-state index is 13.0. The van der Waals surface area contributed by atoms with Crippen molar-refractivity contribution < 1.29 is 13.2 Å². The standard InChI is InChI=1S/C19H18N4O3S2/c24-18(10-9-15-5-2-1-3-6-15)22-11-13-23(14-12-22)28(25,26)17-8-4-7-16-19(17)21-27-20-16/h1-10H,11-14H2/b10-9+. The third-order valence-corrected chi connectivity index (χ3v) is 7.11. The molecule has 0 radical (unpaired) electrons. The third-order valence-electron chi connectivity index (χ3n) is 4.64. The first-order valence-corrected chi connectivity index (χ1v) is 11.0. The number of sulfonamides is 1. The van der Waals surface area contributed by atoms with E-state index in [2.05, 4.69) is 8.75 Å². The number of fused-ring (bicyclic) bond motifs is 1. The molecule has 1 saturated heterocycles. The van der Waals surface area contributed by atoms with E-state index in [-0.39, 0.29) is 23.9 Å². The first-order chi connectivity index (χ1) is 13.6.